The van der Waals surface area contributed by atoms with Crippen LogP contribution in [0.5, 0.6) is 5.75 Å². The normalized spacial score (nSPS) is 13.4. The molecule has 1 unspecified atom stereocenters. The summed E-state index contributed by atoms with van der Waals surface area (Å²) in [6, 6.07) is 25.9. The molecule has 3 rings (SSSR count). The van der Waals surface area contributed by atoms with Gasteiger partial charge in [-0.15, -0.1) is 0 Å². The lowest BCUT2D eigenvalue weighted by Crippen LogP contribution is -2.18. The molecule has 0 saturated carbocycles. The van der Waals surface area contributed by atoms with Gasteiger partial charge in [0, 0.05) is 14.9 Å². The van der Waals surface area contributed by atoms with Crippen molar-refractivity contribution < 1.29 is 4.74 Å². The summed E-state index contributed by atoms with van der Waals surface area (Å²) in [5.41, 5.74) is 3.94. The highest BCUT2D eigenvalue weighted by atomic mass is 79.9. The molecule has 0 aliphatic carbocycles. The van der Waals surface area contributed by atoms with Crippen molar-refractivity contribution in [3.8, 4) is 5.75 Å². The minimum absolute atomic E-state index is 0.205. The Morgan fingerprint density at radius 1 is 0.679 bits per heavy atom. The SMILES string of the molecule is CC(C)[C@H](C)Oc1ccc(C(Cc2ccc(Br)cc2)c2ccc(Br)cc2)cc1. The van der Waals surface area contributed by atoms with Gasteiger partial charge in [0.05, 0.1) is 6.10 Å². The summed E-state index contributed by atoms with van der Waals surface area (Å²) in [4.78, 5) is 0. The van der Waals surface area contributed by atoms with Gasteiger partial charge in [-0.1, -0.05) is 82.1 Å². The average Bonchev–Trinajstić information content (AvgIpc) is 2.69. The van der Waals surface area contributed by atoms with Crippen LogP contribution >= 0.6 is 31.9 Å². The third-order valence-electron chi connectivity index (χ3n) is 5.17. The van der Waals surface area contributed by atoms with Gasteiger partial charge in [0.25, 0.3) is 0 Å². The van der Waals surface area contributed by atoms with Gasteiger partial charge in [-0.3, -0.25) is 0 Å². The van der Waals surface area contributed by atoms with E-state index in [0.29, 0.717) is 11.8 Å². The molecule has 146 valence electrons. The molecule has 0 amide bonds. The second-order valence-electron chi connectivity index (χ2n) is 7.57. The summed E-state index contributed by atoms with van der Waals surface area (Å²) in [6.45, 7) is 6.48. The van der Waals surface area contributed by atoms with E-state index in [-0.39, 0.29) is 6.10 Å². The molecular formula is C25H26Br2O. The summed E-state index contributed by atoms with van der Waals surface area (Å²) in [5.74, 6) is 1.72. The predicted octanol–water partition coefficient (Wildman–Crippen LogP) is 8.01. The average molecular weight is 502 g/mol. The number of hydrogen-bond donors (Lipinski definition) is 0. The summed E-state index contributed by atoms with van der Waals surface area (Å²) in [6.07, 6.45) is 1.16. The standard InChI is InChI=1S/C25H26Br2O/c1-17(2)18(3)28-24-14-8-21(9-15-24)25(20-6-12-23(27)13-7-20)16-19-4-10-22(26)11-5-19/h4-15,17-18,25H,16H2,1-3H3/t18-,25?/m0/s1. The first-order valence-corrected chi connectivity index (χ1v) is 11.3. The Kier molecular flexibility index (Phi) is 7.36. The third-order valence-corrected chi connectivity index (χ3v) is 6.23. The molecule has 0 aromatic heterocycles. The molecular weight excluding hydrogens is 476 g/mol. The van der Waals surface area contributed by atoms with Gasteiger partial charge in [-0.25, -0.2) is 0 Å². The molecule has 0 bridgehead atoms. The zero-order valence-corrected chi connectivity index (χ0v) is 19.7. The Morgan fingerprint density at radius 2 is 1.14 bits per heavy atom. The van der Waals surface area contributed by atoms with Crippen LogP contribution in [0.15, 0.2) is 81.7 Å². The fourth-order valence-electron chi connectivity index (χ4n) is 3.11. The van der Waals surface area contributed by atoms with E-state index < -0.39 is 0 Å². The summed E-state index contributed by atoms with van der Waals surface area (Å²) < 4.78 is 8.26. The Bertz CT molecular complexity index is 868. The van der Waals surface area contributed by atoms with Crippen molar-refractivity contribution in [2.45, 2.75) is 39.2 Å². The van der Waals surface area contributed by atoms with Gasteiger partial charge in [-0.05, 0) is 72.4 Å². The maximum absolute atomic E-state index is 6.05. The highest BCUT2D eigenvalue weighted by Gasteiger charge is 2.16. The van der Waals surface area contributed by atoms with Crippen molar-refractivity contribution in [1.82, 2.24) is 0 Å². The fraction of sp³-hybridized carbons (Fsp3) is 0.280. The molecule has 0 aliphatic rings. The van der Waals surface area contributed by atoms with Crippen molar-refractivity contribution in [3.05, 3.63) is 98.4 Å². The molecule has 3 aromatic rings. The van der Waals surface area contributed by atoms with Gasteiger partial charge in [-0.2, -0.15) is 0 Å². The topological polar surface area (TPSA) is 9.23 Å². The Morgan fingerprint density at radius 3 is 1.64 bits per heavy atom. The summed E-state index contributed by atoms with van der Waals surface area (Å²) in [7, 11) is 0. The van der Waals surface area contributed by atoms with Gasteiger partial charge in [0.2, 0.25) is 0 Å². The van der Waals surface area contributed by atoms with E-state index in [2.05, 4.69) is 125 Å². The first-order valence-electron chi connectivity index (χ1n) is 9.69. The van der Waals surface area contributed by atoms with Gasteiger partial charge >= 0.3 is 0 Å². The van der Waals surface area contributed by atoms with Crippen molar-refractivity contribution in [2.24, 2.45) is 5.92 Å². The van der Waals surface area contributed by atoms with Crippen LogP contribution in [0.25, 0.3) is 0 Å². The molecule has 0 aliphatic heterocycles. The van der Waals surface area contributed by atoms with E-state index >= 15 is 0 Å². The highest BCUT2D eigenvalue weighted by Crippen LogP contribution is 2.31. The maximum atomic E-state index is 6.05. The molecule has 28 heavy (non-hydrogen) atoms. The minimum Gasteiger partial charge on any atom is -0.490 e. The monoisotopic (exact) mass is 500 g/mol. The largest absolute Gasteiger partial charge is 0.490 e. The number of ether oxygens (including phenoxy) is 1. The van der Waals surface area contributed by atoms with Gasteiger partial charge < -0.3 is 4.74 Å². The van der Waals surface area contributed by atoms with Crippen LogP contribution in [0.3, 0.4) is 0 Å². The Labute approximate surface area is 185 Å². The van der Waals surface area contributed by atoms with Crippen LogP contribution in [0.1, 0.15) is 43.4 Å². The number of rotatable bonds is 7. The van der Waals surface area contributed by atoms with Crippen LogP contribution in [-0.4, -0.2) is 6.10 Å². The van der Waals surface area contributed by atoms with Crippen molar-refractivity contribution in [2.75, 3.05) is 0 Å². The molecule has 3 heteroatoms. The maximum Gasteiger partial charge on any atom is 0.119 e. The lowest BCUT2D eigenvalue weighted by Gasteiger charge is -2.21. The molecule has 0 saturated heterocycles. The molecule has 0 heterocycles. The zero-order chi connectivity index (χ0) is 20.1. The molecule has 0 radical (unpaired) electrons. The second-order valence-corrected chi connectivity index (χ2v) is 9.40. The molecule has 3 aromatic carbocycles. The van der Waals surface area contributed by atoms with Crippen LogP contribution in [0, 0.1) is 5.92 Å². The van der Waals surface area contributed by atoms with Crippen molar-refractivity contribution >= 4 is 31.9 Å². The van der Waals surface area contributed by atoms with E-state index in [1.807, 2.05) is 0 Å². The van der Waals surface area contributed by atoms with Gasteiger partial charge in [0.1, 0.15) is 5.75 Å². The summed E-state index contributed by atoms with van der Waals surface area (Å²) in [5, 5.41) is 0. The quantitative estimate of drug-likeness (QED) is 0.318. The lowest BCUT2D eigenvalue weighted by atomic mass is 9.86. The van der Waals surface area contributed by atoms with E-state index in [9.17, 15) is 0 Å². The molecule has 0 fully saturated rings. The first kappa shape index (κ1) is 21.1. The number of halogens is 2. The van der Waals surface area contributed by atoms with Crippen LogP contribution in [-0.2, 0) is 6.42 Å². The van der Waals surface area contributed by atoms with Crippen LogP contribution < -0.4 is 4.74 Å². The van der Waals surface area contributed by atoms with Crippen molar-refractivity contribution in [1.29, 1.82) is 0 Å². The van der Waals surface area contributed by atoms with Crippen LogP contribution in [0.4, 0.5) is 0 Å². The minimum atomic E-state index is 0.205. The molecule has 2 atom stereocenters. The predicted molar refractivity (Wildman–Crippen MR) is 125 cm³/mol. The number of benzene rings is 3. The zero-order valence-electron chi connectivity index (χ0n) is 16.5. The second kappa shape index (κ2) is 9.76. The highest BCUT2D eigenvalue weighted by molar-refractivity contribution is 9.10. The van der Waals surface area contributed by atoms with E-state index in [4.69, 9.17) is 4.74 Å². The van der Waals surface area contributed by atoms with Gasteiger partial charge in [0.15, 0.2) is 0 Å². The Balaban J connectivity index is 1.87. The fourth-order valence-corrected chi connectivity index (χ4v) is 3.64. The summed E-state index contributed by atoms with van der Waals surface area (Å²) >= 11 is 7.08. The third kappa shape index (κ3) is 5.71. The number of hydrogen-bond acceptors (Lipinski definition) is 1. The van der Waals surface area contributed by atoms with E-state index in [1.165, 1.54) is 16.7 Å². The lowest BCUT2D eigenvalue weighted by molar-refractivity contribution is 0.170. The molecule has 1 nitrogen and oxygen atoms in total. The van der Waals surface area contributed by atoms with Crippen molar-refractivity contribution in [3.63, 3.8) is 0 Å². The molecule has 0 spiro atoms. The van der Waals surface area contributed by atoms with Crippen LogP contribution in [0.2, 0.25) is 0 Å². The first-order chi connectivity index (χ1) is 13.4. The smallest absolute Gasteiger partial charge is 0.119 e. The van der Waals surface area contributed by atoms with E-state index in [0.717, 1.165) is 21.1 Å². The Hall–Kier alpha value is -1.58. The molecule has 0 N–H and O–H groups in total. The van der Waals surface area contributed by atoms with E-state index in [1.54, 1.807) is 0 Å².